The van der Waals surface area contributed by atoms with Crippen LogP contribution in [0.1, 0.15) is 37.2 Å². The van der Waals surface area contributed by atoms with E-state index in [1.165, 1.54) is 17.0 Å². The van der Waals surface area contributed by atoms with Crippen LogP contribution in [0.3, 0.4) is 0 Å². The first kappa shape index (κ1) is 31.2. The largest absolute Gasteiger partial charge is 0.573 e. The normalized spacial score (nSPS) is 22.3. The number of halogens is 3. The maximum Gasteiger partial charge on any atom is 0.573 e. The molecular formula is C27H32F3N2O7PS. The summed E-state index contributed by atoms with van der Waals surface area (Å²) >= 11 is 1.14. The average Bonchev–Trinajstić information content (AvgIpc) is 3.19. The van der Waals surface area contributed by atoms with E-state index >= 15 is 0 Å². The van der Waals surface area contributed by atoms with Gasteiger partial charge < -0.3 is 34.5 Å². The molecule has 2 fully saturated rings. The molecule has 4 rings (SSSR count). The smallest absolute Gasteiger partial charge is 0.494 e. The molecule has 0 bridgehead atoms. The van der Waals surface area contributed by atoms with Crippen molar-refractivity contribution in [3.05, 3.63) is 54.1 Å². The van der Waals surface area contributed by atoms with Crippen molar-refractivity contribution >= 4 is 29.5 Å². The fourth-order valence-corrected chi connectivity index (χ4v) is 10.3. The zero-order chi connectivity index (χ0) is 29.8. The van der Waals surface area contributed by atoms with Crippen molar-refractivity contribution in [3.63, 3.8) is 0 Å². The number of carbonyl (C=O) groups is 2. The molecule has 3 atom stereocenters. The van der Waals surface area contributed by atoms with Gasteiger partial charge in [0.15, 0.2) is 6.34 Å². The minimum atomic E-state index is -4.84. The number of aliphatic hydroxyl groups excluding tert-OH is 1. The van der Waals surface area contributed by atoms with Gasteiger partial charge in [-0.25, -0.2) is 0 Å². The minimum Gasteiger partial charge on any atom is -0.494 e. The van der Waals surface area contributed by atoms with E-state index in [-0.39, 0.29) is 25.5 Å². The van der Waals surface area contributed by atoms with Gasteiger partial charge in [-0.15, -0.1) is 13.2 Å². The highest BCUT2D eigenvalue weighted by Crippen LogP contribution is 2.70. The Morgan fingerprint density at radius 2 is 1.88 bits per heavy atom. The first-order valence-electron chi connectivity index (χ1n) is 13.0. The maximum atomic E-state index is 13.6. The molecule has 2 aromatic rings. The van der Waals surface area contributed by atoms with Crippen LogP contribution in [0.25, 0.3) is 0 Å². The average molecular weight is 617 g/mol. The zero-order valence-electron chi connectivity index (χ0n) is 22.3. The van der Waals surface area contributed by atoms with Gasteiger partial charge in [0.25, 0.3) is 0 Å². The van der Waals surface area contributed by atoms with Crippen LogP contribution >= 0.6 is 17.7 Å². The van der Waals surface area contributed by atoms with Crippen LogP contribution < -0.4 is 15.2 Å². The van der Waals surface area contributed by atoms with Crippen molar-refractivity contribution in [1.29, 1.82) is 0 Å². The van der Waals surface area contributed by atoms with Crippen molar-refractivity contribution in [2.75, 3.05) is 33.0 Å². The lowest BCUT2D eigenvalue weighted by atomic mass is 9.96. The zero-order valence-corrected chi connectivity index (χ0v) is 24.1. The minimum absolute atomic E-state index is 0.0397. The molecule has 2 saturated heterocycles. The first-order valence-corrected chi connectivity index (χ1v) is 16.6. The van der Waals surface area contributed by atoms with E-state index in [0.717, 1.165) is 17.4 Å². The molecule has 0 radical (unpaired) electrons. The number of aliphatic hydroxyl groups is 1. The molecule has 0 spiro atoms. The molecule has 2 aliphatic heterocycles. The Morgan fingerprint density at radius 1 is 1.20 bits per heavy atom. The molecule has 3 unspecified atom stereocenters. The van der Waals surface area contributed by atoms with E-state index in [2.05, 4.69) is 4.74 Å². The summed E-state index contributed by atoms with van der Waals surface area (Å²) in [5.41, 5.74) is 6.05. The molecule has 0 aliphatic carbocycles. The fourth-order valence-electron chi connectivity index (χ4n) is 5.14. The van der Waals surface area contributed by atoms with Crippen LogP contribution in [0.2, 0.25) is 0 Å². The van der Waals surface area contributed by atoms with Crippen LogP contribution in [0.5, 0.6) is 11.5 Å². The fraction of sp³-hybridized carbons (Fsp3) is 0.481. The highest BCUT2D eigenvalue weighted by atomic mass is 32.7. The van der Waals surface area contributed by atoms with Gasteiger partial charge in [-0.05, 0) is 67.9 Å². The van der Waals surface area contributed by atoms with Gasteiger partial charge >= 0.3 is 6.36 Å². The third kappa shape index (κ3) is 7.38. The van der Waals surface area contributed by atoms with Gasteiger partial charge in [0.1, 0.15) is 22.9 Å². The van der Waals surface area contributed by atoms with E-state index in [1.807, 2.05) is 0 Å². The molecule has 0 saturated carbocycles. The maximum absolute atomic E-state index is 13.6. The van der Waals surface area contributed by atoms with Gasteiger partial charge in [0.2, 0.25) is 11.8 Å². The van der Waals surface area contributed by atoms with E-state index < -0.39 is 41.7 Å². The van der Waals surface area contributed by atoms with E-state index in [0.29, 0.717) is 48.7 Å². The van der Waals surface area contributed by atoms with Crippen molar-refractivity contribution in [2.45, 2.75) is 54.2 Å². The lowest BCUT2D eigenvalue weighted by molar-refractivity contribution is -0.274. The number of carbonyl (C=O) groups excluding carboxylic acids is 2. The number of rotatable bonds is 11. The molecule has 3 N–H and O–H groups in total. The van der Waals surface area contributed by atoms with Crippen molar-refractivity contribution in [2.24, 2.45) is 5.73 Å². The van der Waals surface area contributed by atoms with Crippen LogP contribution in [0, 0.1) is 0 Å². The number of amides is 2. The molecule has 224 valence electrons. The number of alkyl halides is 3. The van der Waals surface area contributed by atoms with Gasteiger partial charge in [-0.1, -0.05) is 23.5 Å². The monoisotopic (exact) mass is 616 g/mol. The number of benzene rings is 2. The summed E-state index contributed by atoms with van der Waals surface area (Å²) in [5, 5.41) is 9.61. The lowest BCUT2D eigenvalue weighted by Crippen LogP contribution is -2.47. The van der Waals surface area contributed by atoms with Crippen molar-refractivity contribution in [3.8, 4) is 11.5 Å². The standard InChI is InChI=1S/C27H32F3N2O7PS/c1-40(36,26(25(31)35)10-14-37-15-11-26)41-21-8-6-19(7-9-21)38-13-3-12-32-23(33)17-22(24(32)34)18-4-2-5-20(16-18)39-27(28,29)30/h2,4-9,16,22,24,34H,3,10-15,17H2,1H3,(H2,31,35). The first-order chi connectivity index (χ1) is 19.3. The number of nitrogens with zero attached hydrogens (tertiary/aromatic N) is 1. The van der Waals surface area contributed by atoms with Crippen LogP contribution in [-0.4, -0.2) is 72.6 Å². The molecule has 41 heavy (non-hydrogen) atoms. The summed E-state index contributed by atoms with van der Waals surface area (Å²) < 4.78 is 66.4. The molecule has 9 nitrogen and oxygen atoms in total. The van der Waals surface area contributed by atoms with Gasteiger partial charge in [-0.2, -0.15) is 0 Å². The highest BCUT2D eigenvalue weighted by molar-refractivity contribution is 8.58. The molecule has 14 heteroatoms. The molecule has 2 aromatic carbocycles. The van der Waals surface area contributed by atoms with Gasteiger partial charge in [-0.3, -0.25) is 9.59 Å². The molecule has 2 aliphatic rings. The van der Waals surface area contributed by atoms with Crippen molar-refractivity contribution in [1.82, 2.24) is 4.90 Å². The quantitative estimate of drug-likeness (QED) is 0.274. The van der Waals surface area contributed by atoms with Crippen LogP contribution in [0.4, 0.5) is 13.2 Å². The SMILES string of the molecule is CP(=O)(Sc1ccc(OCCCN2C(=O)CC(c3cccc(OC(F)(F)F)c3)C2O)cc1)C1(C(N)=O)CCOCC1. The summed E-state index contributed by atoms with van der Waals surface area (Å²) in [4.78, 5) is 26.8. The molecular weight excluding hydrogens is 584 g/mol. The van der Waals surface area contributed by atoms with E-state index in [4.69, 9.17) is 15.2 Å². The summed E-state index contributed by atoms with van der Waals surface area (Å²) in [5.74, 6) is -1.44. The number of hydrogen-bond acceptors (Lipinski definition) is 8. The highest BCUT2D eigenvalue weighted by Gasteiger charge is 2.51. The number of likely N-dealkylation sites (tertiary alicyclic amines) is 1. The van der Waals surface area contributed by atoms with Gasteiger partial charge in [0, 0.05) is 37.0 Å². The van der Waals surface area contributed by atoms with Crippen LogP contribution in [0.15, 0.2) is 53.4 Å². The van der Waals surface area contributed by atoms with Crippen molar-refractivity contribution < 1.29 is 46.6 Å². The summed E-state index contributed by atoms with van der Waals surface area (Å²) in [7, 11) is 0. The Hall–Kier alpha value is -2.73. The number of primary amides is 1. The van der Waals surface area contributed by atoms with Gasteiger partial charge in [0.05, 0.1) is 6.61 Å². The topological polar surface area (TPSA) is 128 Å². The Morgan fingerprint density at radius 3 is 2.51 bits per heavy atom. The number of ether oxygens (including phenoxy) is 3. The third-order valence-electron chi connectivity index (χ3n) is 7.39. The summed E-state index contributed by atoms with van der Waals surface area (Å²) in [6.07, 6.45) is -8.12. The molecule has 0 aromatic heterocycles. The summed E-state index contributed by atoms with van der Waals surface area (Å²) in [6, 6.07) is 12.2. The van der Waals surface area contributed by atoms with E-state index in [9.17, 15) is 32.4 Å². The second-order valence-electron chi connectivity index (χ2n) is 10.1. The second-order valence-corrected chi connectivity index (χ2v) is 15.9. The Labute approximate surface area is 239 Å². The summed E-state index contributed by atoms with van der Waals surface area (Å²) in [6.45, 7) is 2.68. The predicted octanol–water partition coefficient (Wildman–Crippen LogP) is 4.72. The Bertz CT molecular complexity index is 1290. The third-order valence-corrected chi connectivity index (χ3v) is 13.2. The number of nitrogens with two attached hydrogens (primary N) is 1. The Kier molecular flexibility index (Phi) is 9.63. The predicted molar refractivity (Wildman–Crippen MR) is 146 cm³/mol. The Balaban J connectivity index is 1.28. The van der Waals surface area contributed by atoms with E-state index in [1.54, 1.807) is 37.0 Å². The number of hydrogen-bond donors (Lipinski definition) is 2. The molecule has 2 heterocycles. The van der Waals surface area contributed by atoms with Crippen LogP contribution in [-0.2, 0) is 18.9 Å². The second kappa shape index (κ2) is 12.6. The lowest BCUT2D eigenvalue weighted by Gasteiger charge is -2.38. The molecule has 2 amide bonds.